The normalized spacial score (nSPS) is 24.0. The Labute approximate surface area is 79.1 Å². The molecule has 2 fully saturated rings. The molecule has 2 saturated heterocycles. The highest BCUT2D eigenvalue weighted by molar-refractivity contribution is 4.38. The lowest BCUT2D eigenvalue weighted by atomic mass is 10.3. The van der Waals surface area contributed by atoms with Crippen LogP contribution in [0, 0.1) is 0 Å². The largest absolute Gasteiger partial charge is 0.377 e. The molecule has 0 aromatic rings. The smallest absolute Gasteiger partial charge is 0.146 e. The van der Waals surface area contributed by atoms with Gasteiger partial charge in [0.15, 0.2) is 0 Å². The van der Waals surface area contributed by atoms with E-state index in [0.717, 1.165) is 52.5 Å². The minimum Gasteiger partial charge on any atom is -0.377 e. The number of rotatable bonds is 0. The van der Waals surface area contributed by atoms with Gasteiger partial charge in [0.05, 0.1) is 26.4 Å². The third-order valence-electron chi connectivity index (χ3n) is 1.74. The fourth-order valence-corrected chi connectivity index (χ4v) is 1.02. The summed E-state index contributed by atoms with van der Waals surface area (Å²) in [7, 11) is 0. The predicted octanol–water partition coefficient (Wildman–Crippen LogP) is 0.804. The Hall–Kier alpha value is -0.160. The third kappa shape index (κ3) is 6.95. The van der Waals surface area contributed by atoms with Gasteiger partial charge in [0.25, 0.3) is 0 Å². The first-order chi connectivity index (χ1) is 6.50. The first kappa shape index (κ1) is 10.9. The molecular weight excluding hydrogens is 172 g/mol. The van der Waals surface area contributed by atoms with Gasteiger partial charge in [-0.1, -0.05) is 0 Å². The molecule has 0 aromatic heterocycles. The van der Waals surface area contributed by atoms with Crippen LogP contribution in [0.25, 0.3) is 0 Å². The highest BCUT2D eigenvalue weighted by atomic mass is 16.7. The predicted molar refractivity (Wildman–Crippen MR) is 47.6 cm³/mol. The van der Waals surface area contributed by atoms with Gasteiger partial charge in [0.1, 0.15) is 6.79 Å². The molecule has 2 aliphatic rings. The molecule has 0 saturated carbocycles. The van der Waals surface area contributed by atoms with Crippen LogP contribution in [0.2, 0.25) is 0 Å². The van der Waals surface area contributed by atoms with E-state index in [2.05, 4.69) is 0 Å². The van der Waals surface area contributed by atoms with E-state index in [9.17, 15) is 0 Å². The first-order valence-corrected chi connectivity index (χ1v) is 4.81. The lowest BCUT2D eigenvalue weighted by Gasteiger charge is -2.09. The van der Waals surface area contributed by atoms with Crippen molar-refractivity contribution in [3.8, 4) is 0 Å². The number of hydrogen-bond acceptors (Lipinski definition) is 4. The summed E-state index contributed by atoms with van der Waals surface area (Å²) in [5.74, 6) is 0. The van der Waals surface area contributed by atoms with Crippen molar-refractivity contribution in [3.63, 3.8) is 0 Å². The standard InChI is InChI=1S/C5H10O2.C4H8O2/c1-2-4-7-5-6-3-1;1-2-6-4-3-5-1/h1-5H2;1-4H2. The van der Waals surface area contributed by atoms with E-state index in [-0.39, 0.29) is 0 Å². The van der Waals surface area contributed by atoms with Crippen LogP contribution >= 0.6 is 0 Å². The molecular formula is C9H18O4. The van der Waals surface area contributed by atoms with E-state index >= 15 is 0 Å². The van der Waals surface area contributed by atoms with E-state index in [1.54, 1.807) is 0 Å². The highest BCUT2D eigenvalue weighted by Gasteiger charge is 1.95. The Bertz CT molecular complexity index is 72.6. The summed E-state index contributed by atoms with van der Waals surface area (Å²) in [5.41, 5.74) is 0. The summed E-state index contributed by atoms with van der Waals surface area (Å²) >= 11 is 0. The van der Waals surface area contributed by atoms with Crippen molar-refractivity contribution >= 4 is 0 Å². The molecule has 0 radical (unpaired) electrons. The van der Waals surface area contributed by atoms with Gasteiger partial charge in [-0.25, -0.2) is 0 Å². The fourth-order valence-electron chi connectivity index (χ4n) is 1.02. The second-order valence-electron chi connectivity index (χ2n) is 2.87. The summed E-state index contributed by atoms with van der Waals surface area (Å²) in [6.07, 6.45) is 2.31. The maximum atomic E-state index is 4.97. The van der Waals surface area contributed by atoms with Gasteiger partial charge in [0, 0.05) is 13.2 Å². The molecule has 0 N–H and O–H groups in total. The maximum Gasteiger partial charge on any atom is 0.146 e. The quantitative estimate of drug-likeness (QED) is 0.566. The van der Waals surface area contributed by atoms with Crippen LogP contribution in [0.4, 0.5) is 0 Å². The van der Waals surface area contributed by atoms with Crippen LogP contribution in [-0.2, 0) is 18.9 Å². The van der Waals surface area contributed by atoms with Gasteiger partial charge in [-0.05, 0) is 12.8 Å². The zero-order valence-corrected chi connectivity index (χ0v) is 8.00. The molecule has 0 atom stereocenters. The zero-order chi connectivity index (χ0) is 9.19. The molecule has 2 heterocycles. The Kier molecular flexibility index (Phi) is 7.09. The highest BCUT2D eigenvalue weighted by Crippen LogP contribution is 1.96. The molecule has 0 unspecified atom stereocenters. The molecule has 2 aliphatic heterocycles. The molecule has 0 amide bonds. The first-order valence-electron chi connectivity index (χ1n) is 4.81. The number of hydrogen-bond donors (Lipinski definition) is 0. The summed E-state index contributed by atoms with van der Waals surface area (Å²) in [4.78, 5) is 0. The van der Waals surface area contributed by atoms with Crippen LogP contribution in [0.15, 0.2) is 0 Å². The van der Waals surface area contributed by atoms with Crippen molar-refractivity contribution in [1.82, 2.24) is 0 Å². The van der Waals surface area contributed by atoms with E-state index in [0.29, 0.717) is 6.79 Å². The van der Waals surface area contributed by atoms with Crippen LogP contribution in [0.3, 0.4) is 0 Å². The summed E-state index contributed by atoms with van der Waals surface area (Å²) in [6, 6.07) is 0. The Morgan fingerprint density at radius 1 is 0.462 bits per heavy atom. The van der Waals surface area contributed by atoms with Gasteiger partial charge in [0.2, 0.25) is 0 Å². The minimum atomic E-state index is 0.500. The van der Waals surface area contributed by atoms with Crippen LogP contribution in [0.5, 0.6) is 0 Å². The van der Waals surface area contributed by atoms with E-state index in [1.807, 2.05) is 0 Å². The topological polar surface area (TPSA) is 36.9 Å². The molecule has 0 aliphatic carbocycles. The van der Waals surface area contributed by atoms with Gasteiger partial charge in [-0.15, -0.1) is 0 Å². The van der Waals surface area contributed by atoms with Gasteiger partial charge in [-0.2, -0.15) is 0 Å². The van der Waals surface area contributed by atoms with Gasteiger partial charge in [-0.3, -0.25) is 0 Å². The van der Waals surface area contributed by atoms with E-state index in [1.165, 1.54) is 0 Å². The van der Waals surface area contributed by atoms with Crippen molar-refractivity contribution in [2.45, 2.75) is 12.8 Å². The van der Waals surface area contributed by atoms with Crippen LogP contribution in [-0.4, -0.2) is 46.4 Å². The lowest BCUT2D eigenvalue weighted by molar-refractivity contribution is -0.0334. The molecule has 4 heteroatoms. The van der Waals surface area contributed by atoms with E-state index < -0.39 is 0 Å². The SMILES string of the molecule is C1CCOCOC1.C1COCCO1. The lowest BCUT2D eigenvalue weighted by Crippen LogP contribution is -2.16. The second-order valence-corrected chi connectivity index (χ2v) is 2.87. The Morgan fingerprint density at radius 2 is 0.923 bits per heavy atom. The summed E-state index contributed by atoms with van der Waals surface area (Å²) in [5, 5.41) is 0. The second kappa shape index (κ2) is 8.44. The Morgan fingerprint density at radius 3 is 1.31 bits per heavy atom. The average Bonchev–Trinajstić information content (AvgIpc) is 2.53. The monoisotopic (exact) mass is 190 g/mol. The molecule has 13 heavy (non-hydrogen) atoms. The third-order valence-corrected chi connectivity index (χ3v) is 1.74. The minimum absolute atomic E-state index is 0.500. The van der Waals surface area contributed by atoms with Gasteiger partial charge < -0.3 is 18.9 Å². The van der Waals surface area contributed by atoms with E-state index in [4.69, 9.17) is 18.9 Å². The fraction of sp³-hybridized carbons (Fsp3) is 1.00. The number of ether oxygens (including phenoxy) is 4. The van der Waals surface area contributed by atoms with Gasteiger partial charge >= 0.3 is 0 Å². The summed E-state index contributed by atoms with van der Waals surface area (Å²) in [6.45, 7) is 5.36. The molecule has 0 bridgehead atoms. The van der Waals surface area contributed by atoms with Crippen molar-refractivity contribution in [2.24, 2.45) is 0 Å². The molecule has 0 aromatic carbocycles. The van der Waals surface area contributed by atoms with Crippen molar-refractivity contribution in [3.05, 3.63) is 0 Å². The average molecular weight is 190 g/mol. The maximum absolute atomic E-state index is 4.97. The summed E-state index contributed by atoms with van der Waals surface area (Å²) < 4.78 is 19.8. The molecule has 2 rings (SSSR count). The zero-order valence-electron chi connectivity index (χ0n) is 8.00. The van der Waals surface area contributed by atoms with Crippen LogP contribution < -0.4 is 0 Å². The molecule has 78 valence electrons. The van der Waals surface area contributed by atoms with Crippen molar-refractivity contribution in [1.29, 1.82) is 0 Å². The van der Waals surface area contributed by atoms with Crippen LogP contribution in [0.1, 0.15) is 12.8 Å². The molecule has 4 nitrogen and oxygen atoms in total. The van der Waals surface area contributed by atoms with Crippen molar-refractivity contribution < 1.29 is 18.9 Å². The molecule has 0 spiro atoms. The Balaban J connectivity index is 0.000000132. The van der Waals surface area contributed by atoms with Crippen molar-refractivity contribution in [2.75, 3.05) is 46.4 Å².